The van der Waals surface area contributed by atoms with Crippen LogP contribution in [0.5, 0.6) is 5.88 Å². The summed E-state index contributed by atoms with van der Waals surface area (Å²) in [5, 5.41) is 18.4. The minimum atomic E-state index is 0.0135. The van der Waals surface area contributed by atoms with Gasteiger partial charge in [-0.3, -0.25) is 4.99 Å². The van der Waals surface area contributed by atoms with E-state index in [-0.39, 0.29) is 5.88 Å². The van der Waals surface area contributed by atoms with Gasteiger partial charge in [-0.05, 0) is 23.4 Å². The van der Waals surface area contributed by atoms with E-state index >= 15 is 0 Å². The number of fused-ring (bicyclic) bond motifs is 1. The molecule has 22 heavy (non-hydrogen) atoms. The van der Waals surface area contributed by atoms with Crippen LogP contribution in [0.1, 0.15) is 4.88 Å². The topological polar surface area (TPSA) is 70.4 Å². The average Bonchev–Trinajstić information content (AvgIpc) is 3.21. The molecule has 108 valence electrons. The molecule has 0 saturated carbocycles. The Morgan fingerprint density at radius 3 is 3.05 bits per heavy atom. The summed E-state index contributed by atoms with van der Waals surface area (Å²) in [7, 11) is 0. The molecule has 2 N–H and O–H groups in total. The van der Waals surface area contributed by atoms with Crippen LogP contribution in [-0.4, -0.2) is 21.3 Å². The van der Waals surface area contributed by atoms with Crippen molar-refractivity contribution < 1.29 is 5.11 Å². The van der Waals surface area contributed by atoms with E-state index in [9.17, 15) is 5.11 Å². The zero-order valence-corrected chi connectivity index (χ0v) is 12.9. The van der Waals surface area contributed by atoms with Gasteiger partial charge in [0, 0.05) is 23.0 Å². The van der Waals surface area contributed by atoms with Crippen molar-refractivity contribution in [1.29, 1.82) is 0 Å². The van der Waals surface area contributed by atoms with E-state index in [2.05, 4.69) is 20.3 Å². The van der Waals surface area contributed by atoms with Crippen molar-refractivity contribution in [3.05, 3.63) is 45.1 Å². The molecular weight excluding hydrogens is 316 g/mol. The van der Waals surface area contributed by atoms with Crippen LogP contribution in [0.2, 0.25) is 0 Å². The van der Waals surface area contributed by atoms with Crippen LogP contribution >= 0.6 is 22.7 Å². The van der Waals surface area contributed by atoms with E-state index in [0.717, 1.165) is 21.3 Å². The Morgan fingerprint density at radius 2 is 2.18 bits per heavy atom. The molecule has 0 unspecified atom stereocenters. The van der Waals surface area contributed by atoms with E-state index in [1.165, 1.54) is 22.7 Å². The molecule has 0 amide bonds. The minimum absolute atomic E-state index is 0.0135. The van der Waals surface area contributed by atoms with Gasteiger partial charge in [0.2, 0.25) is 5.88 Å². The van der Waals surface area contributed by atoms with Gasteiger partial charge < -0.3 is 10.4 Å². The van der Waals surface area contributed by atoms with Crippen LogP contribution in [0.3, 0.4) is 0 Å². The zero-order chi connectivity index (χ0) is 14.9. The fourth-order valence-electron chi connectivity index (χ4n) is 2.10. The van der Waals surface area contributed by atoms with Gasteiger partial charge in [0.15, 0.2) is 10.3 Å². The number of nitrogens with zero attached hydrogens (tertiary/aromatic N) is 3. The van der Waals surface area contributed by atoms with Gasteiger partial charge in [-0.1, -0.05) is 23.5 Å². The Bertz CT molecular complexity index is 974. The lowest BCUT2D eigenvalue weighted by Crippen LogP contribution is -2.06. The highest BCUT2D eigenvalue weighted by atomic mass is 32.1. The van der Waals surface area contributed by atoms with Gasteiger partial charge in [-0.2, -0.15) is 4.98 Å². The standard InChI is InChI=1S/C15H10N4OS2/c20-13-12(22-15(18-13)19-14-17-5-6-21-14)8-9-1-2-10-3-4-16-11(10)7-9/h1-8,20H,(H,17,18,19)/b9-8+. The highest BCUT2D eigenvalue weighted by molar-refractivity contribution is 7.17. The minimum Gasteiger partial charge on any atom is -0.492 e. The molecule has 0 atom stereocenters. The van der Waals surface area contributed by atoms with Crippen molar-refractivity contribution in [2.24, 2.45) is 4.99 Å². The molecule has 0 saturated heterocycles. The molecular formula is C15H10N4OS2. The molecule has 1 aliphatic heterocycles. The molecule has 1 aliphatic rings. The Labute approximate surface area is 133 Å². The van der Waals surface area contributed by atoms with Gasteiger partial charge in [0.05, 0.1) is 10.6 Å². The number of anilines is 2. The second kappa shape index (κ2) is 5.36. The van der Waals surface area contributed by atoms with E-state index in [0.29, 0.717) is 10.0 Å². The van der Waals surface area contributed by atoms with Crippen LogP contribution in [0.4, 0.5) is 16.0 Å². The molecule has 3 aromatic rings. The number of aromatic nitrogens is 2. The maximum absolute atomic E-state index is 9.99. The summed E-state index contributed by atoms with van der Waals surface area (Å²) in [4.78, 5) is 13.2. The molecule has 0 fully saturated rings. The number of hydrogen-bond acceptors (Lipinski definition) is 7. The summed E-state index contributed by atoms with van der Waals surface area (Å²) in [5.74, 6) is 0.0135. The van der Waals surface area contributed by atoms with Crippen LogP contribution < -0.4 is 15.8 Å². The first kappa shape index (κ1) is 13.2. The first-order chi connectivity index (χ1) is 10.8. The maximum Gasteiger partial charge on any atom is 0.231 e. The van der Waals surface area contributed by atoms with E-state index in [1.54, 1.807) is 12.4 Å². The van der Waals surface area contributed by atoms with Gasteiger partial charge in [-0.15, -0.1) is 11.3 Å². The lowest BCUT2D eigenvalue weighted by Gasteiger charge is -1.93. The monoisotopic (exact) mass is 326 g/mol. The average molecular weight is 326 g/mol. The fraction of sp³-hybridized carbons (Fsp3) is 0. The third-order valence-corrected chi connectivity index (χ3v) is 4.70. The molecule has 3 heterocycles. The van der Waals surface area contributed by atoms with Gasteiger partial charge in [0.25, 0.3) is 0 Å². The van der Waals surface area contributed by atoms with E-state index < -0.39 is 0 Å². The van der Waals surface area contributed by atoms with Crippen molar-refractivity contribution in [2.75, 3.05) is 5.32 Å². The second-order valence-corrected chi connectivity index (χ2v) is 6.50. The number of hydrogen-bond donors (Lipinski definition) is 2. The third kappa shape index (κ3) is 2.51. The predicted molar refractivity (Wildman–Crippen MR) is 91.1 cm³/mol. The molecule has 2 aromatic heterocycles. The SMILES string of the molecule is Oc1nc(Nc2nccs2)sc1/C=c1\ccc2c(c1)N=CC=2. The van der Waals surface area contributed by atoms with Crippen LogP contribution in [0.25, 0.3) is 12.2 Å². The molecule has 5 nitrogen and oxygen atoms in total. The highest BCUT2D eigenvalue weighted by Gasteiger charge is 2.09. The second-order valence-electron chi connectivity index (χ2n) is 4.58. The molecule has 0 spiro atoms. The van der Waals surface area contributed by atoms with Gasteiger partial charge >= 0.3 is 0 Å². The largest absolute Gasteiger partial charge is 0.492 e. The zero-order valence-electron chi connectivity index (χ0n) is 11.2. The summed E-state index contributed by atoms with van der Waals surface area (Å²) >= 11 is 2.86. The number of rotatable bonds is 3. The first-order valence-corrected chi connectivity index (χ1v) is 8.20. The number of nitrogens with one attached hydrogen (secondary N) is 1. The number of aliphatic imine (C=N–C) groups is 1. The van der Waals surface area contributed by atoms with Crippen LogP contribution in [0.15, 0.2) is 34.8 Å². The van der Waals surface area contributed by atoms with E-state index in [1.807, 2.05) is 35.7 Å². The number of aromatic hydroxyl groups is 1. The molecule has 0 radical (unpaired) electrons. The maximum atomic E-state index is 9.99. The molecule has 7 heteroatoms. The van der Waals surface area contributed by atoms with Crippen molar-refractivity contribution in [3.8, 4) is 5.88 Å². The normalized spacial score (nSPS) is 13.2. The smallest absolute Gasteiger partial charge is 0.231 e. The Hall–Kier alpha value is -2.51. The van der Waals surface area contributed by atoms with Gasteiger partial charge in [-0.25, -0.2) is 4.98 Å². The Balaban J connectivity index is 1.68. The van der Waals surface area contributed by atoms with Crippen molar-refractivity contribution in [1.82, 2.24) is 9.97 Å². The molecule has 0 bridgehead atoms. The van der Waals surface area contributed by atoms with Crippen molar-refractivity contribution >= 4 is 57.0 Å². The van der Waals surface area contributed by atoms with E-state index in [4.69, 9.17) is 0 Å². The molecule has 4 rings (SSSR count). The predicted octanol–water partition coefficient (Wildman–Crippen LogP) is 2.37. The van der Waals surface area contributed by atoms with Crippen LogP contribution in [-0.2, 0) is 0 Å². The summed E-state index contributed by atoms with van der Waals surface area (Å²) < 4.78 is 0. The summed E-state index contributed by atoms with van der Waals surface area (Å²) in [6.07, 6.45) is 7.37. The quantitative estimate of drug-likeness (QED) is 0.775. The summed E-state index contributed by atoms with van der Waals surface area (Å²) in [5.41, 5.74) is 0.943. The first-order valence-electron chi connectivity index (χ1n) is 6.50. The highest BCUT2D eigenvalue weighted by Crippen LogP contribution is 2.31. The number of thiazole rings is 2. The van der Waals surface area contributed by atoms with Gasteiger partial charge in [0.1, 0.15) is 0 Å². The van der Waals surface area contributed by atoms with Crippen molar-refractivity contribution in [2.45, 2.75) is 0 Å². The lowest BCUT2D eigenvalue weighted by molar-refractivity contribution is 0.457. The number of benzene rings is 1. The fourth-order valence-corrected chi connectivity index (χ4v) is 3.51. The Morgan fingerprint density at radius 1 is 1.23 bits per heavy atom. The summed E-state index contributed by atoms with van der Waals surface area (Å²) in [6, 6.07) is 6.00. The Kier molecular flexibility index (Phi) is 3.21. The third-order valence-electron chi connectivity index (χ3n) is 3.10. The lowest BCUT2D eigenvalue weighted by atomic mass is 10.2. The van der Waals surface area contributed by atoms with Crippen molar-refractivity contribution in [3.63, 3.8) is 0 Å². The van der Waals surface area contributed by atoms with Crippen LogP contribution in [0, 0.1) is 0 Å². The molecule has 0 aliphatic carbocycles. The molecule has 1 aromatic carbocycles. The summed E-state index contributed by atoms with van der Waals surface area (Å²) in [6.45, 7) is 0.